The van der Waals surface area contributed by atoms with Gasteiger partial charge in [-0.15, -0.1) is 0 Å². The monoisotopic (exact) mass is 564 g/mol. The van der Waals surface area contributed by atoms with Gasteiger partial charge in [-0.25, -0.2) is 15.0 Å². The highest BCUT2D eigenvalue weighted by Crippen LogP contribution is 2.45. The zero-order chi connectivity index (χ0) is 29.0. The zero-order valence-corrected chi connectivity index (χ0v) is 23.6. The number of nitrogens with zero attached hydrogens (tertiary/aromatic N) is 4. The molecule has 1 aliphatic heterocycles. The Morgan fingerprint density at radius 3 is 1.64 bits per heavy atom. The van der Waals surface area contributed by atoms with Crippen molar-refractivity contribution in [2.75, 3.05) is 0 Å². The maximum atomic E-state index is 6.29. The quantitative estimate of drug-likeness (QED) is 0.214. The van der Waals surface area contributed by atoms with Crippen LogP contribution in [-0.4, -0.2) is 19.5 Å². The minimum Gasteiger partial charge on any atom is -0.453 e. The molecule has 0 fully saturated rings. The molecule has 2 aromatic heterocycles. The number of aromatic nitrogens is 4. The van der Waals surface area contributed by atoms with E-state index in [1.54, 1.807) is 0 Å². The Morgan fingerprint density at radius 2 is 0.955 bits per heavy atom. The Balaban J connectivity index is 1.14. The molecule has 5 heteroatoms. The number of rotatable bonds is 4. The Labute approximate surface area is 253 Å². The summed E-state index contributed by atoms with van der Waals surface area (Å²) >= 11 is 0. The third-order valence-electron chi connectivity index (χ3n) is 8.25. The van der Waals surface area contributed by atoms with Gasteiger partial charge in [-0.2, -0.15) is 0 Å². The lowest BCUT2D eigenvalue weighted by Crippen LogP contribution is -2.03. The second-order valence-corrected chi connectivity index (χ2v) is 10.9. The average Bonchev–Trinajstić information content (AvgIpc) is 3.44. The molecule has 206 valence electrons. The molecule has 0 atom stereocenters. The fourth-order valence-corrected chi connectivity index (χ4v) is 6.15. The number of ether oxygens (including phenoxy) is 1. The van der Waals surface area contributed by atoms with Crippen molar-refractivity contribution in [1.29, 1.82) is 0 Å². The van der Waals surface area contributed by atoms with Crippen molar-refractivity contribution in [2.45, 2.75) is 0 Å². The Bertz CT molecular complexity index is 2290. The summed E-state index contributed by atoms with van der Waals surface area (Å²) in [7, 11) is 0. The number of benzene rings is 6. The first-order chi connectivity index (χ1) is 21.8. The van der Waals surface area contributed by atoms with Crippen molar-refractivity contribution in [2.24, 2.45) is 0 Å². The molecule has 9 rings (SSSR count). The van der Waals surface area contributed by atoms with Gasteiger partial charge in [0.25, 0.3) is 0 Å². The number of hydrogen-bond donors (Lipinski definition) is 0. The van der Waals surface area contributed by atoms with Crippen LogP contribution in [0.25, 0.3) is 72.8 Å². The van der Waals surface area contributed by atoms with Gasteiger partial charge in [0.15, 0.2) is 29.0 Å². The molecule has 0 bridgehead atoms. The normalized spacial score (nSPS) is 11.8. The highest BCUT2D eigenvalue weighted by molar-refractivity contribution is 6.13. The SMILES string of the molecule is c1ccc(-c2nc(-c3ccccc3)nc(-c3ccc(-c4ccc5c(c4)c4cccc6c4n5-c4ccccc4O6)cc3)n2)cc1. The molecule has 0 unspecified atom stereocenters. The smallest absolute Gasteiger partial charge is 0.164 e. The molecule has 0 aliphatic carbocycles. The second kappa shape index (κ2) is 9.75. The molecule has 1 aliphatic rings. The molecule has 0 saturated carbocycles. The van der Waals surface area contributed by atoms with Crippen LogP contribution >= 0.6 is 0 Å². The van der Waals surface area contributed by atoms with Crippen molar-refractivity contribution in [3.63, 3.8) is 0 Å². The fraction of sp³-hybridized carbons (Fsp3) is 0. The highest BCUT2D eigenvalue weighted by atomic mass is 16.5. The van der Waals surface area contributed by atoms with Crippen molar-refractivity contribution < 1.29 is 4.74 Å². The molecular weight excluding hydrogens is 540 g/mol. The lowest BCUT2D eigenvalue weighted by atomic mass is 10.0. The lowest BCUT2D eigenvalue weighted by molar-refractivity contribution is 0.476. The van der Waals surface area contributed by atoms with Gasteiger partial charge in [-0.3, -0.25) is 0 Å². The van der Waals surface area contributed by atoms with Crippen LogP contribution < -0.4 is 4.74 Å². The molecule has 6 aromatic carbocycles. The van der Waals surface area contributed by atoms with E-state index in [-0.39, 0.29) is 0 Å². The van der Waals surface area contributed by atoms with E-state index in [0.717, 1.165) is 56.0 Å². The lowest BCUT2D eigenvalue weighted by Gasteiger charge is -2.20. The van der Waals surface area contributed by atoms with Gasteiger partial charge >= 0.3 is 0 Å². The molecule has 44 heavy (non-hydrogen) atoms. The van der Waals surface area contributed by atoms with Crippen LogP contribution in [0, 0.1) is 0 Å². The van der Waals surface area contributed by atoms with E-state index in [4.69, 9.17) is 19.7 Å². The van der Waals surface area contributed by atoms with Gasteiger partial charge in [0.05, 0.1) is 16.7 Å². The van der Waals surface area contributed by atoms with E-state index in [2.05, 4.69) is 71.3 Å². The van der Waals surface area contributed by atoms with Crippen LogP contribution in [0.4, 0.5) is 0 Å². The van der Waals surface area contributed by atoms with Crippen LogP contribution in [0.1, 0.15) is 0 Å². The predicted octanol–water partition coefficient (Wildman–Crippen LogP) is 9.74. The summed E-state index contributed by atoms with van der Waals surface area (Å²) < 4.78 is 8.61. The maximum absolute atomic E-state index is 6.29. The van der Waals surface area contributed by atoms with Crippen molar-refractivity contribution >= 4 is 21.8 Å². The maximum Gasteiger partial charge on any atom is 0.164 e. The molecule has 5 nitrogen and oxygen atoms in total. The first kappa shape index (κ1) is 24.5. The Morgan fingerprint density at radius 1 is 0.409 bits per heavy atom. The van der Waals surface area contributed by atoms with Gasteiger partial charge in [-0.1, -0.05) is 115 Å². The third-order valence-corrected chi connectivity index (χ3v) is 8.25. The molecule has 0 saturated heterocycles. The second-order valence-electron chi connectivity index (χ2n) is 10.9. The number of hydrogen-bond acceptors (Lipinski definition) is 4. The summed E-state index contributed by atoms with van der Waals surface area (Å²) in [6, 6.07) is 49.8. The van der Waals surface area contributed by atoms with E-state index in [1.807, 2.05) is 78.9 Å². The summed E-state index contributed by atoms with van der Waals surface area (Å²) in [5.41, 5.74) is 8.45. The predicted molar refractivity (Wildman–Crippen MR) is 176 cm³/mol. The molecule has 0 radical (unpaired) electrons. The minimum atomic E-state index is 0.646. The molecule has 8 aromatic rings. The van der Waals surface area contributed by atoms with Crippen LogP contribution in [0.3, 0.4) is 0 Å². The molecule has 0 N–H and O–H groups in total. The van der Waals surface area contributed by atoms with E-state index in [1.165, 1.54) is 10.8 Å². The fourth-order valence-electron chi connectivity index (χ4n) is 6.15. The summed E-state index contributed by atoms with van der Waals surface area (Å²) in [6.45, 7) is 0. The van der Waals surface area contributed by atoms with Gasteiger partial charge in [0.2, 0.25) is 0 Å². The van der Waals surface area contributed by atoms with Crippen molar-refractivity contribution in [1.82, 2.24) is 19.5 Å². The summed E-state index contributed by atoms with van der Waals surface area (Å²) in [6.07, 6.45) is 0. The molecular formula is C39H24N4O. The van der Waals surface area contributed by atoms with Crippen LogP contribution in [-0.2, 0) is 0 Å². The summed E-state index contributed by atoms with van der Waals surface area (Å²) in [4.78, 5) is 14.6. The average molecular weight is 565 g/mol. The van der Waals surface area contributed by atoms with Crippen molar-refractivity contribution in [3.05, 3.63) is 146 Å². The Kier molecular flexibility index (Phi) is 5.43. The first-order valence-corrected chi connectivity index (χ1v) is 14.6. The minimum absolute atomic E-state index is 0.646. The van der Waals surface area contributed by atoms with Crippen LogP contribution in [0.5, 0.6) is 11.5 Å². The topological polar surface area (TPSA) is 52.8 Å². The molecule has 3 heterocycles. The molecule has 0 amide bonds. The van der Waals surface area contributed by atoms with Crippen LogP contribution in [0.2, 0.25) is 0 Å². The molecule has 0 spiro atoms. The first-order valence-electron chi connectivity index (χ1n) is 14.6. The van der Waals surface area contributed by atoms with Crippen LogP contribution in [0.15, 0.2) is 146 Å². The number of fused-ring (bicyclic) bond motifs is 5. The van der Waals surface area contributed by atoms with Gasteiger partial charge in [0.1, 0.15) is 0 Å². The van der Waals surface area contributed by atoms with Gasteiger partial charge < -0.3 is 9.30 Å². The number of para-hydroxylation sites is 3. The highest BCUT2D eigenvalue weighted by Gasteiger charge is 2.23. The zero-order valence-electron chi connectivity index (χ0n) is 23.6. The van der Waals surface area contributed by atoms with E-state index >= 15 is 0 Å². The van der Waals surface area contributed by atoms with Gasteiger partial charge in [-0.05, 0) is 41.5 Å². The van der Waals surface area contributed by atoms with Crippen molar-refractivity contribution in [3.8, 4) is 62.5 Å². The standard InChI is InChI=1S/C39H24N4O/c1-3-10-26(11-4-1)37-40-38(27-12-5-2-6-13-27)42-39(41-37)28-20-18-25(19-21-28)29-22-23-32-31(24-29)30-14-9-17-35-36(30)43(32)33-15-7-8-16-34(33)44-35/h1-24H. The third kappa shape index (κ3) is 3.91. The van der Waals surface area contributed by atoms with E-state index < -0.39 is 0 Å². The van der Waals surface area contributed by atoms with E-state index in [0.29, 0.717) is 17.5 Å². The van der Waals surface area contributed by atoms with E-state index in [9.17, 15) is 0 Å². The van der Waals surface area contributed by atoms with Gasteiger partial charge in [0, 0.05) is 27.5 Å². The largest absolute Gasteiger partial charge is 0.453 e. The summed E-state index contributed by atoms with van der Waals surface area (Å²) in [5.74, 6) is 3.71. The Hall–Kier alpha value is -6.07. The summed E-state index contributed by atoms with van der Waals surface area (Å²) in [5, 5.41) is 2.37.